The van der Waals surface area contributed by atoms with Gasteiger partial charge in [-0.1, -0.05) is 23.7 Å². The Bertz CT molecular complexity index is 900. The van der Waals surface area contributed by atoms with Crippen LogP contribution in [0.25, 0.3) is 0 Å². The number of benzene rings is 2. The Hall–Kier alpha value is -2.49. The van der Waals surface area contributed by atoms with Gasteiger partial charge in [0.05, 0.1) is 16.4 Å². The number of hydrogen-bond donors (Lipinski definition) is 1. The summed E-state index contributed by atoms with van der Waals surface area (Å²) >= 11 is 5.73. The van der Waals surface area contributed by atoms with Crippen molar-refractivity contribution in [2.45, 2.75) is 4.90 Å². The van der Waals surface area contributed by atoms with Gasteiger partial charge in [0.2, 0.25) is 15.9 Å². The number of carbonyl (C=O) groups is 1. The number of nitro groups is 1. The van der Waals surface area contributed by atoms with Crippen molar-refractivity contribution in [3.05, 3.63) is 63.7 Å². The smallest absolute Gasteiger partial charge is 0.292 e. The molecule has 8 nitrogen and oxygen atoms in total. The molecule has 0 saturated heterocycles. The molecule has 0 saturated carbocycles. The maximum atomic E-state index is 12.4. The van der Waals surface area contributed by atoms with Crippen molar-refractivity contribution in [3.63, 3.8) is 0 Å². The standard InChI is InChI=1S/C15H14ClN3O5S/c1-18(25(23,24)12-8-6-11(16)7-9-12)10-15(20)17-13-4-2-3-5-14(13)19(21)22/h2-9H,10H2,1H3,(H,17,20). The summed E-state index contributed by atoms with van der Waals surface area (Å²) in [6, 6.07) is 11.1. The number of rotatable bonds is 6. The molecule has 2 rings (SSSR count). The third-order valence-electron chi connectivity index (χ3n) is 3.26. The van der Waals surface area contributed by atoms with Crippen LogP contribution < -0.4 is 5.32 Å². The van der Waals surface area contributed by atoms with Gasteiger partial charge in [0.15, 0.2) is 0 Å². The normalized spacial score (nSPS) is 11.3. The Labute approximate surface area is 149 Å². The summed E-state index contributed by atoms with van der Waals surface area (Å²) in [5.41, 5.74) is -0.283. The fourth-order valence-corrected chi connectivity index (χ4v) is 3.26. The molecule has 132 valence electrons. The number of anilines is 1. The Kier molecular flexibility index (Phi) is 5.73. The number of hydrogen-bond acceptors (Lipinski definition) is 5. The molecule has 0 aliphatic heterocycles. The molecule has 0 aliphatic rings. The summed E-state index contributed by atoms with van der Waals surface area (Å²) in [6.45, 7) is -0.503. The first kappa shape index (κ1) is 18.8. The highest BCUT2D eigenvalue weighted by Gasteiger charge is 2.24. The van der Waals surface area contributed by atoms with Gasteiger partial charge in [0, 0.05) is 18.1 Å². The van der Waals surface area contributed by atoms with Crippen LogP contribution in [0.1, 0.15) is 0 Å². The first-order valence-electron chi connectivity index (χ1n) is 6.97. The molecule has 0 spiro atoms. The number of nitrogens with zero attached hydrogens (tertiary/aromatic N) is 2. The second kappa shape index (κ2) is 7.60. The molecule has 0 heterocycles. The molecule has 0 unspecified atom stereocenters. The summed E-state index contributed by atoms with van der Waals surface area (Å²) in [7, 11) is -2.65. The Morgan fingerprint density at radius 2 is 1.80 bits per heavy atom. The molecule has 0 atom stereocenters. The Morgan fingerprint density at radius 3 is 2.40 bits per heavy atom. The van der Waals surface area contributed by atoms with E-state index in [-0.39, 0.29) is 16.3 Å². The Morgan fingerprint density at radius 1 is 1.20 bits per heavy atom. The lowest BCUT2D eigenvalue weighted by Crippen LogP contribution is -2.35. The zero-order valence-electron chi connectivity index (χ0n) is 13.0. The number of halogens is 1. The molecule has 0 bridgehead atoms. The monoisotopic (exact) mass is 383 g/mol. The first-order valence-corrected chi connectivity index (χ1v) is 8.79. The van der Waals surface area contributed by atoms with Crippen LogP contribution in [-0.4, -0.2) is 37.1 Å². The highest BCUT2D eigenvalue weighted by atomic mass is 35.5. The van der Waals surface area contributed by atoms with E-state index in [0.29, 0.717) is 5.02 Å². The predicted molar refractivity (Wildman–Crippen MR) is 93.0 cm³/mol. The Balaban J connectivity index is 2.12. The largest absolute Gasteiger partial charge is 0.319 e. The molecule has 25 heavy (non-hydrogen) atoms. The lowest BCUT2D eigenvalue weighted by molar-refractivity contribution is -0.383. The van der Waals surface area contributed by atoms with Gasteiger partial charge in [0.25, 0.3) is 5.69 Å². The molecular formula is C15H14ClN3O5S. The number of nitro benzene ring substituents is 1. The van der Waals surface area contributed by atoms with Crippen LogP contribution in [0, 0.1) is 10.1 Å². The van der Waals surface area contributed by atoms with Gasteiger partial charge in [-0.3, -0.25) is 14.9 Å². The van der Waals surface area contributed by atoms with E-state index in [0.717, 1.165) is 4.31 Å². The number of sulfonamides is 1. The maximum Gasteiger partial charge on any atom is 0.292 e. The highest BCUT2D eigenvalue weighted by molar-refractivity contribution is 7.89. The van der Waals surface area contributed by atoms with Crippen LogP contribution in [0.15, 0.2) is 53.4 Å². The molecule has 2 aromatic carbocycles. The quantitative estimate of drug-likeness (QED) is 0.608. The van der Waals surface area contributed by atoms with Crippen molar-refractivity contribution >= 4 is 38.9 Å². The molecule has 0 radical (unpaired) electrons. The minimum absolute atomic E-state index is 0.00482. The summed E-state index contributed by atoms with van der Waals surface area (Å²) in [4.78, 5) is 22.4. The molecule has 2 aromatic rings. The van der Waals surface area contributed by atoms with Gasteiger partial charge in [-0.05, 0) is 30.3 Å². The molecule has 10 heteroatoms. The minimum atomic E-state index is -3.89. The predicted octanol–water partition coefficient (Wildman–Crippen LogP) is 2.51. The van der Waals surface area contributed by atoms with E-state index in [9.17, 15) is 23.3 Å². The molecule has 0 aliphatic carbocycles. The minimum Gasteiger partial charge on any atom is -0.319 e. The van der Waals surface area contributed by atoms with Gasteiger partial charge in [-0.15, -0.1) is 0 Å². The second-order valence-electron chi connectivity index (χ2n) is 5.04. The van der Waals surface area contributed by atoms with Crippen LogP contribution >= 0.6 is 11.6 Å². The van der Waals surface area contributed by atoms with E-state index >= 15 is 0 Å². The molecular weight excluding hydrogens is 370 g/mol. The van der Waals surface area contributed by atoms with Crippen molar-refractivity contribution in [2.75, 3.05) is 18.9 Å². The summed E-state index contributed by atoms with van der Waals surface area (Å²) in [5.74, 6) is -0.700. The van der Waals surface area contributed by atoms with Crippen molar-refractivity contribution in [3.8, 4) is 0 Å². The fraction of sp³-hybridized carbons (Fsp3) is 0.133. The van der Waals surface area contributed by atoms with Gasteiger partial charge in [-0.2, -0.15) is 4.31 Å². The van der Waals surface area contributed by atoms with Crippen LogP contribution in [0.4, 0.5) is 11.4 Å². The molecule has 0 fully saturated rings. The van der Waals surface area contributed by atoms with Crippen molar-refractivity contribution in [2.24, 2.45) is 0 Å². The van der Waals surface area contributed by atoms with Crippen LogP contribution in [0.3, 0.4) is 0 Å². The van der Waals surface area contributed by atoms with Crippen LogP contribution in [0.5, 0.6) is 0 Å². The SMILES string of the molecule is CN(CC(=O)Nc1ccccc1[N+](=O)[O-])S(=O)(=O)c1ccc(Cl)cc1. The average Bonchev–Trinajstić information content (AvgIpc) is 2.55. The van der Waals surface area contributed by atoms with Crippen molar-refractivity contribution < 1.29 is 18.1 Å². The fourth-order valence-electron chi connectivity index (χ4n) is 2.00. The molecule has 1 N–H and O–H groups in total. The zero-order valence-corrected chi connectivity index (χ0v) is 14.6. The van der Waals surface area contributed by atoms with Gasteiger partial charge >= 0.3 is 0 Å². The van der Waals surface area contributed by atoms with E-state index in [4.69, 9.17) is 11.6 Å². The lowest BCUT2D eigenvalue weighted by atomic mass is 10.2. The van der Waals surface area contributed by atoms with E-state index < -0.39 is 27.4 Å². The number of likely N-dealkylation sites (N-methyl/N-ethyl adjacent to an activating group) is 1. The second-order valence-corrected chi connectivity index (χ2v) is 7.52. The maximum absolute atomic E-state index is 12.4. The number of para-hydroxylation sites is 2. The van der Waals surface area contributed by atoms with Crippen LogP contribution in [-0.2, 0) is 14.8 Å². The third kappa shape index (κ3) is 4.53. The third-order valence-corrected chi connectivity index (χ3v) is 5.33. The topological polar surface area (TPSA) is 110 Å². The molecule has 1 amide bonds. The summed E-state index contributed by atoms with van der Waals surface area (Å²) in [6.07, 6.45) is 0. The first-order chi connectivity index (χ1) is 11.7. The number of carbonyl (C=O) groups excluding carboxylic acids is 1. The van der Waals surface area contributed by atoms with E-state index in [2.05, 4.69) is 5.32 Å². The average molecular weight is 384 g/mol. The van der Waals surface area contributed by atoms with Crippen molar-refractivity contribution in [1.82, 2.24) is 4.31 Å². The van der Waals surface area contributed by atoms with E-state index in [1.807, 2.05) is 0 Å². The number of nitrogens with one attached hydrogen (secondary N) is 1. The highest BCUT2D eigenvalue weighted by Crippen LogP contribution is 2.23. The van der Waals surface area contributed by atoms with Crippen molar-refractivity contribution in [1.29, 1.82) is 0 Å². The van der Waals surface area contributed by atoms with E-state index in [1.54, 1.807) is 0 Å². The molecule has 0 aromatic heterocycles. The zero-order chi connectivity index (χ0) is 18.6. The number of amides is 1. The van der Waals surface area contributed by atoms with Gasteiger partial charge in [0.1, 0.15) is 5.69 Å². The summed E-state index contributed by atoms with van der Waals surface area (Å²) in [5, 5.41) is 13.7. The summed E-state index contributed by atoms with van der Waals surface area (Å²) < 4.78 is 25.6. The lowest BCUT2D eigenvalue weighted by Gasteiger charge is -2.17. The van der Waals surface area contributed by atoms with Gasteiger partial charge < -0.3 is 5.32 Å². The van der Waals surface area contributed by atoms with E-state index in [1.165, 1.54) is 55.6 Å². The van der Waals surface area contributed by atoms with Crippen LogP contribution in [0.2, 0.25) is 5.02 Å². The van der Waals surface area contributed by atoms with Gasteiger partial charge in [-0.25, -0.2) is 8.42 Å².